The summed E-state index contributed by atoms with van der Waals surface area (Å²) in [6, 6.07) is 9.33. The number of carbonyl (C=O) groups excluding carboxylic acids is 1. The predicted octanol–water partition coefficient (Wildman–Crippen LogP) is 2.75. The fraction of sp³-hybridized carbons (Fsp3) is 0.154. The van der Waals surface area contributed by atoms with Gasteiger partial charge in [-0.3, -0.25) is 4.79 Å². The number of benzene rings is 1. The summed E-state index contributed by atoms with van der Waals surface area (Å²) in [6.45, 7) is 0.646. The minimum Gasteiger partial charge on any atom is -0.367 e. The van der Waals surface area contributed by atoms with Gasteiger partial charge >= 0.3 is 0 Å². The smallest absolute Gasteiger partial charge is 0.251 e. The van der Waals surface area contributed by atoms with Gasteiger partial charge in [-0.2, -0.15) is 0 Å². The standard InChI is InChI=1S/C13H13BrN2O/c14-12-3-1-11(2-4-12)13(17)16-8-6-10-5-7-15-9-10/h1-5,7,9,15H,6,8H2,(H,16,17). The SMILES string of the molecule is O=C(NCCc1cc[nH]c1)c1ccc(Br)cc1. The molecule has 0 fully saturated rings. The minimum atomic E-state index is -0.0342. The lowest BCUT2D eigenvalue weighted by Crippen LogP contribution is -2.25. The molecule has 17 heavy (non-hydrogen) atoms. The molecule has 0 atom stereocenters. The number of H-pyrrole nitrogens is 1. The van der Waals surface area contributed by atoms with Crippen molar-refractivity contribution in [2.75, 3.05) is 6.54 Å². The molecule has 1 heterocycles. The third-order valence-corrected chi connectivity index (χ3v) is 3.00. The topological polar surface area (TPSA) is 44.9 Å². The summed E-state index contributed by atoms with van der Waals surface area (Å²) >= 11 is 3.34. The molecule has 0 unspecified atom stereocenters. The number of aromatic nitrogens is 1. The first kappa shape index (κ1) is 11.9. The summed E-state index contributed by atoms with van der Waals surface area (Å²) in [6.07, 6.45) is 4.66. The van der Waals surface area contributed by atoms with Crippen molar-refractivity contribution in [3.8, 4) is 0 Å². The molecule has 1 amide bonds. The first-order valence-corrected chi connectivity index (χ1v) is 6.20. The number of nitrogens with one attached hydrogen (secondary N) is 2. The van der Waals surface area contributed by atoms with Gasteiger partial charge in [-0.15, -0.1) is 0 Å². The Morgan fingerprint density at radius 1 is 1.24 bits per heavy atom. The van der Waals surface area contributed by atoms with Crippen LogP contribution in [0.5, 0.6) is 0 Å². The van der Waals surface area contributed by atoms with Gasteiger partial charge in [0.15, 0.2) is 0 Å². The molecule has 4 heteroatoms. The van der Waals surface area contributed by atoms with E-state index < -0.39 is 0 Å². The summed E-state index contributed by atoms with van der Waals surface area (Å²) < 4.78 is 0.973. The summed E-state index contributed by atoms with van der Waals surface area (Å²) in [7, 11) is 0. The Morgan fingerprint density at radius 3 is 2.65 bits per heavy atom. The average Bonchev–Trinajstić information content (AvgIpc) is 2.83. The number of halogens is 1. The van der Waals surface area contributed by atoms with Crippen LogP contribution in [-0.4, -0.2) is 17.4 Å². The van der Waals surface area contributed by atoms with Crippen LogP contribution in [0, 0.1) is 0 Å². The third-order valence-electron chi connectivity index (χ3n) is 2.47. The van der Waals surface area contributed by atoms with Crippen molar-refractivity contribution in [1.29, 1.82) is 0 Å². The molecule has 2 aromatic rings. The Bertz CT molecular complexity index is 477. The van der Waals surface area contributed by atoms with Crippen molar-refractivity contribution >= 4 is 21.8 Å². The molecule has 0 spiro atoms. The predicted molar refractivity (Wildman–Crippen MR) is 71.0 cm³/mol. The van der Waals surface area contributed by atoms with E-state index in [4.69, 9.17) is 0 Å². The van der Waals surface area contributed by atoms with Gasteiger partial charge in [0.25, 0.3) is 5.91 Å². The maximum Gasteiger partial charge on any atom is 0.251 e. The van der Waals surface area contributed by atoms with Crippen LogP contribution in [0.25, 0.3) is 0 Å². The van der Waals surface area contributed by atoms with Crippen LogP contribution < -0.4 is 5.32 Å². The fourth-order valence-corrected chi connectivity index (χ4v) is 1.80. The number of amides is 1. The summed E-state index contributed by atoms with van der Waals surface area (Å²) in [4.78, 5) is 14.7. The number of rotatable bonds is 4. The highest BCUT2D eigenvalue weighted by atomic mass is 79.9. The van der Waals surface area contributed by atoms with Crippen LogP contribution in [0.15, 0.2) is 47.2 Å². The third kappa shape index (κ3) is 3.46. The van der Waals surface area contributed by atoms with E-state index in [2.05, 4.69) is 26.2 Å². The summed E-state index contributed by atoms with van der Waals surface area (Å²) in [5.41, 5.74) is 1.88. The van der Waals surface area contributed by atoms with Gasteiger partial charge in [-0.05, 0) is 42.3 Å². The molecular weight excluding hydrogens is 280 g/mol. The van der Waals surface area contributed by atoms with E-state index in [0.29, 0.717) is 12.1 Å². The molecule has 0 saturated carbocycles. The molecule has 0 aliphatic rings. The largest absolute Gasteiger partial charge is 0.367 e. The lowest BCUT2D eigenvalue weighted by atomic mass is 10.2. The Kier molecular flexibility index (Phi) is 3.98. The normalized spacial score (nSPS) is 10.2. The van der Waals surface area contributed by atoms with Gasteiger partial charge < -0.3 is 10.3 Å². The molecule has 0 saturated heterocycles. The van der Waals surface area contributed by atoms with Gasteiger partial charge in [-0.1, -0.05) is 15.9 Å². The van der Waals surface area contributed by atoms with Crippen molar-refractivity contribution < 1.29 is 4.79 Å². The van der Waals surface area contributed by atoms with E-state index in [0.717, 1.165) is 10.9 Å². The van der Waals surface area contributed by atoms with Crippen molar-refractivity contribution in [1.82, 2.24) is 10.3 Å². The lowest BCUT2D eigenvalue weighted by molar-refractivity contribution is 0.0954. The van der Waals surface area contributed by atoms with Crippen LogP contribution in [0.4, 0.5) is 0 Å². The summed E-state index contributed by atoms with van der Waals surface area (Å²) in [5, 5.41) is 2.89. The van der Waals surface area contributed by atoms with E-state index in [1.165, 1.54) is 5.56 Å². The van der Waals surface area contributed by atoms with E-state index in [9.17, 15) is 4.79 Å². The minimum absolute atomic E-state index is 0.0342. The molecule has 3 nitrogen and oxygen atoms in total. The maximum atomic E-state index is 11.8. The van der Waals surface area contributed by atoms with Crippen molar-refractivity contribution in [3.63, 3.8) is 0 Å². The maximum absolute atomic E-state index is 11.8. The number of hydrogen-bond acceptors (Lipinski definition) is 1. The quantitative estimate of drug-likeness (QED) is 0.894. The van der Waals surface area contributed by atoms with Gasteiger partial charge in [-0.25, -0.2) is 0 Å². The summed E-state index contributed by atoms with van der Waals surface area (Å²) in [5.74, 6) is -0.0342. The zero-order valence-electron chi connectivity index (χ0n) is 9.24. The highest BCUT2D eigenvalue weighted by molar-refractivity contribution is 9.10. The zero-order chi connectivity index (χ0) is 12.1. The van der Waals surface area contributed by atoms with E-state index in [1.807, 2.05) is 30.6 Å². The second-order valence-corrected chi connectivity index (χ2v) is 4.65. The van der Waals surface area contributed by atoms with Crippen molar-refractivity contribution in [2.45, 2.75) is 6.42 Å². The number of carbonyl (C=O) groups is 1. The van der Waals surface area contributed by atoms with Crippen LogP contribution in [0.2, 0.25) is 0 Å². The average molecular weight is 293 g/mol. The van der Waals surface area contributed by atoms with Gasteiger partial charge in [0.1, 0.15) is 0 Å². The number of aromatic amines is 1. The molecule has 88 valence electrons. The van der Waals surface area contributed by atoms with Gasteiger partial charge in [0.2, 0.25) is 0 Å². The van der Waals surface area contributed by atoms with Crippen LogP contribution in [0.1, 0.15) is 15.9 Å². The molecule has 0 radical (unpaired) electrons. The molecule has 1 aromatic carbocycles. The zero-order valence-corrected chi connectivity index (χ0v) is 10.8. The monoisotopic (exact) mass is 292 g/mol. The molecule has 0 bridgehead atoms. The molecule has 1 aromatic heterocycles. The molecule has 0 aliphatic carbocycles. The van der Waals surface area contributed by atoms with E-state index in [1.54, 1.807) is 12.1 Å². The molecule has 0 aliphatic heterocycles. The molecular formula is C13H13BrN2O. The van der Waals surface area contributed by atoms with Crippen LogP contribution in [-0.2, 0) is 6.42 Å². The van der Waals surface area contributed by atoms with Crippen LogP contribution >= 0.6 is 15.9 Å². The Balaban J connectivity index is 1.83. The van der Waals surface area contributed by atoms with Crippen molar-refractivity contribution in [3.05, 3.63) is 58.3 Å². The van der Waals surface area contributed by atoms with Crippen LogP contribution in [0.3, 0.4) is 0 Å². The molecule has 2 N–H and O–H groups in total. The molecule has 2 rings (SSSR count). The van der Waals surface area contributed by atoms with Gasteiger partial charge in [0.05, 0.1) is 0 Å². The Morgan fingerprint density at radius 2 is 2.00 bits per heavy atom. The highest BCUT2D eigenvalue weighted by Crippen LogP contribution is 2.10. The second-order valence-electron chi connectivity index (χ2n) is 3.73. The van der Waals surface area contributed by atoms with Crippen molar-refractivity contribution in [2.24, 2.45) is 0 Å². The van der Waals surface area contributed by atoms with E-state index in [-0.39, 0.29) is 5.91 Å². The fourth-order valence-electron chi connectivity index (χ4n) is 1.54. The second kappa shape index (κ2) is 5.68. The Labute approximate surface area is 108 Å². The number of hydrogen-bond donors (Lipinski definition) is 2. The lowest BCUT2D eigenvalue weighted by Gasteiger charge is -2.04. The van der Waals surface area contributed by atoms with E-state index >= 15 is 0 Å². The van der Waals surface area contributed by atoms with Gasteiger partial charge in [0, 0.05) is 29.0 Å². The highest BCUT2D eigenvalue weighted by Gasteiger charge is 2.04. The first-order valence-electron chi connectivity index (χ1n) is 5.41. The first-order chi connectivity index (χ1) is 8.25. The Hall–Kier alpha value is -1.55.